The molecular weight excluding hydrogens is 179 g/mol. The van der Waals surface area contributed by atoms with Crippen LogP contribution in [0.4, 0.5) is 0 Å². The Kier molecular flexibility index (Phi) is 6.04. The van der Waals surface area contributed by atoms with E-state index >= 15 is 0 Å². The maximum atomic E-state index is 2.22. The Balaban J connectivity index is 2.66. The van der Waals surface area contributed by atoms with Gasteiger partial charge in [-0.2, -0.15) is 0 Å². The molecule has 0 aliphatic rings. The van der Waals surface area contributed by atoms with Gasteiger partial charge in [0.25, 0.3) is 0 Å². The van der Waals surface area contributed by atoms with Crippen molar-refractivity contribution in [2.45, 2.75) is 19.8 Å². The molecule has 0 aromatic carbocycles. The van der Waals surface area contributed by atoms with E-state index in [1.807, 2.05) is 0 Å². The summed E-state index contributed by atoms with van der Waals surface area (Å²) in [5.74, 6) is 0. The van der Waals surface area contributed by atoms with E-state index in [0.29, 0.717) is 0 Å². The molecule has 0 nitrogen and oxygen atoms in total. The summed E-state index contributed by atoms with van der Waals surface area (Å²) in [6.07, 6.45) is 4.76. The minimum absolute atomic E-state index is 1.26. The Morgan fingerprint density at radius 3 is 2.50 bits per heavy atom. The van der Waals surface area contributed by atoms with E-state index in [-0.39, 0.29) is 0 Å². The summed E-state index contributed by atoms with van der Waals surface area (Å²) in [4.78, 5) is 0. The molecule has 0 aliphatic heterocycles. The monoisotopic (exact) mass is 189 g/mol. The third-order valence-corrected chi connectivity index (χ3v) is 1.25. The van der Waals surface area contributed by atoms with Crippen molar-refractivity contribution in [2.24, 2.45) is 0 Å². The summed E-state index contributed by atoms with van der Waals surface area (Å²) in [6, 6.07) is 0. The molecule has 0 aromatic heterocycles. The van der Waals surface area contributed by atoms with Gasteiger partial charge in [-0.25, -0.2) is 0 Å². The van der Waals surface area contributed by atoms with Crippen LogP contribution in [-0.4, -0.2) is 22.5 Å². The molecule has 6 heavy (non-hydrogen) atoms. The van der Waals surface area contributed by atoms with Crippen molar-refractivity contribution < 1.29 is 0 Å². The van der Waals surface area contributed by atoms with E-state index < -0.39 is 0 Å². The van der Waals surface area contributed by atoms with E-state index in [1.165, 1.54) is 35.4 Å². The molecule has 0 bridgehead atoms. The van der Waals surface area contributed by atoms with Gasteiger partial charge in [-0.05, 0) is 0 Å². The van der Waals surface area contributed by atoms with E-state index in [4.69, 9.17) is 0 Å². The topological polar surface area (TPSA) is 0 Å². The Hall–Kier alpha value is 0.539. The summed E-state index contributed by atoms with van der Waals surface area (Å²) >= 11 is 1.51. The van der Waals surface area contributed by atoms with E-state index in [2.05, 4.69) is 17.1 Å². The molecule has 0 rings (SSSR count). The zero-order valence-electron chi connectivity index (χ0n) is 4.07. The quantitative estimate of drug-likeness (QED) is 0.575. The first-order valence-electron chi connectivity index (χ1n) is 2.24. The van der Waals surface area contributed by atoms with Crippen molar-refractivity contribution in [2.75, 3.05) is 0 Å². The van der Waals surface area contributed by atoms with Crippen LogP contribution in [0.15, 0.2) is 10.2 Å². The zero-order valence-corrected chi connectivity index (χ0v) is 6.92. The van der Waals surface area contributed by atoms with Crippen LogP contribution >= 0.6 is 0 Å². The summed E-state index contributed by atoms with van der Waals surface area (Å²) in [5, 5.41) is 0. The average Bonchev–Trinajstić information content (AvgIpc) is 1.61. The average molecular weight is 188 g/mol. The van der Waals surface area contributed by atoms with Gasteiger partial charge in [-0.15, -0.1) is 0 Å². The van der Waals surface area contributed by atoms with Crippen LogP contribution in [0.5, 0.6) is 0 Å². The van der Waals surface area contributed by atoms with Gasteiger partial charge in [0.1, 0.15) is 0 Å². The fraction of sp³-hybridized carbons (Fsp3) is 0.600. The molecule has 0 heterocycles. The molecule has 3 radical (unpaired) electrons. The summed E-state index contributed by atoms with van der Waals surface area (Å²) in [6.45, 7) is 2.19. The Labute approximate surface area is 52.7 Å². The number of hydrogen-bond donors (Lipinski definition) is 0. The molecule has 0 N–H and O–H groups in total. The number of unbranched alkanes of at least 4 members (excludes halogenated alkanes) is 1. The van der Waals surface area contributed by atoms with Gasteiger partial charge in [-0.1, -0.05) is 0 Å². The van der Waals surface area contributed by atoms with Gasteiger partial charge in [0.05, 0.1) is 0 Å². The van der Waals surface area contributed by atoms with Crippen LogP contribution < -0.4 is 0 Å². The summed E-state index contributed by atoms with van der Waals surface area (Å²) < 4.78 is 2.18. The van der Waals surface area contributed by atoms with Crippen molar-refractivity contribution in [3.8, 4) is 0 Å². The number of allylic oxidation sites excluding steroid dienone is 1. The van der Waals surface area contributed by atoms with E-state index in [0.717, 1.165) is 0 Å². The van der Waals surface area contributed by atoms with Crippen LogP contribution in [0, 0.1) is 0 Å². The van der Waals surface area contributed by atoms with Crippen LogP contribution in [0.3, 0.4) is 0 Å². The normalized spacial score (nSPS) is 10.3. The van der Waals surface area contributed by atoms with Gasteiger partial charge in [0, 0.05) is 0 Å². The van der Waals surface area contributed by atoms with Gasteiger partial charge in [-0.3, -0.25) is 0 Å². The first kappa shape index (κ1) is 6.54. The van der Waals surface area contributed by atoms with Crippen molar-refractivity contribution in [3.63, 3.8) is 0 Å². The molecule has 0 spiro atoms. The first-order valence-corrected chi connectivity index (χ1v) is 3.89. The van der Waals surface area contributed by atoms with Crippen molar-refractivity contribution in [1.82, 2.24) is 0 Å². The van der Waals surface area contributed by atoms with Crippen LogP contribution in [-0.2, 0) is 0 Å². The molecule has 0 unspecified atom stereocenters. The molecule has 0 amide bonds. The molecule has 0 saturated carbocycles. The van der Waals surface area contributed by atoms with Crippen LogP contribution in [0.25, 0.3) is 0 Å². The SMILES string of the molecule is CCCC=[CH][Sn]. The molecule has 1 heteroatoms. The zero-order chi connectivity index (χ0) is 4.83. The standard InChI is InChI=1S/C5H9.Sn/c1-3-5-4-2;/h1,3H,4-5H2,2H3;. The molecule has 0 aliphatic carbocycles. The predicted molar refractivity (Wildman–Crippen MR) is 29.8 cm³/mol. The third-order valence-electron chi connectivity index (χ3n) is 0.573. The number of rotatable bonds is 2. The van der Waals surface area contributed by atoms with Crippen molar-refractivity contribution in [1.29, 1.82) is 0 Å². The predicted octanol–water partition coefficient (Wildman–Crippen LogP) is 1.47. The van der Waals surface area contributed by atoms with Crippen LogP contribution in [0.1, 0.15) is 19.8 Å². The summed E-state index contributed by atoms with van der Waals surface area (Å²) in [5.41, 5.74) is 0. The second-order valence-electron chi connectivity index (χ2n) is 1.19. The second-order valence-corrected chi connectivity index (χ2v) is 2.14. The van der Waals surface area contributed by atoms with Crippen molar-refractivity contribution >= 4 is 22.5 Å². The van der Waals surface area contributed by atoms with Gasteiger partial charge < -0.3 is 0 Å². The first-order chi connectivity index (χ1) is 2.91. The molecule has 33 valence electrons. The van der Waals surface area contributed by atoms with E-state index in [1.54, 1.807) is 0 Å². The fourth-order valence-corrected chi connectivity index (χ4v) is 0.726. The number of hydrogen-bond acceptors (Lipinski definition) is 0. The minimum atomic E-state index is 1.26. The molecule has 0 saturated heterocycles. The summed E-state index contributed by atoms with van der Waals surface area (Å²) in [7, 11) is 0. The maximum absolute atomic E-state index is 2.22. The van der Waals surface area contributed by atoms with Gasteiger partial charge in [0.2, 0.25) is 0 Å². The van der Waals surface area contributed by atoms with E-state index in [9.17, 15) is 0 Å². The Morgan fingerprint density at radius 2 is 2.33 bits per heavy atom. The molecular formula is C5H9Sn. The van der Waals surface area contributed by atoms with Crippen molar-refractivity contribution in [3.05, 3.63) is 10.2 Å². The van der Waals surface area contributed by atoms with Gasteiger partial charge in [0.15, 0.2) is 0 Å². The third kappa shape index (κ3) is 4.54. The Morgan fingerprint density at radius 1 is 1.67 bits per heavy atom. The molecule has 0 fully saturated rings. The Bertz CT molecular complexity index is 39.2. The van der Waals surface area contributed by atoms with Crippen LogP contribution in [0.2, 0.25) is 0 Å². The second kappa shape index (κ2) is 5.54. The molecule has 0 aromatic rings. The molecule has 0 atom stereocenters. The van der Waals surface area contributed by atoms with Gasteiger partial charge >= 0.3 is 52.5 Å². The fourth-order valence-electron chi connectivity index (χ4n) is 0.250.